The normalized spacial score (nSPS) is 10.8. The van der Waals surface area contributed by atoms with Gasteiger partial charge in [0.25, 0.3) is 0 Å². The SMILES string of the molecule is CC(C)N(Cc1cccs1)c1cccc(C(=O)O)c1N. The first-order valence-corrected chi connectivity index (χ1v) is 7.29. The van der Waals surface area contributed by atoms with Gasteiger partial charge in [-0.05, 0) is 37.4 Å². The van der Waals surface area contributed by atoms with E-state index in [4.69, 9.17) is 5.73 Å². The molecule has 0 aliphatic rings. The van der Waals surface area contributed by atoms with Gasteiger partial charge in [0.15, 0.2) is 0 Å². The Kier molecular flexibility index (Phi) is 4.29. The molecule has 0 saturated heterocycles. The minimum absolute atomic E-state index is 0.152. The van der Waals surface area contributed by atoms with Crippen molar-refractivity contribution in [3.63, 3.8) is 0 Å². The van der Waals surface area contributed by atoms with Crippen molar-refractivity contribution >= 4 is 28.7 Å². The van der Waals surface area contributed by atoms with E-state index in [0.717, 1.165) is 12.2 Å². The summed E-state index contributed by atoms with van der Waals surface area (Å²) in [6.45, 7) is 4.86. The molecule has 3 N–H and O–H groups in total. The van der Waals surface area contributed by atoms with Crippen LogP contribution in [0.1, 0.15) is 29.1 Å². The lowest BCUT2D eigenvalue weighted by atomic mass is 10.1. The minimum Gasteiger partial charge on any atom is -0.478 e. The minimum atomic E-state index is -0.996. The zero-order valence-corrected chi connectivity index (χ0v) is 12.4. The number of nitrogens with zero attached hydrogens (tertiary/aromatic N) is 1. The molecule has 1 aromatic carbocycles. The predicted molar refractivity (Wildman–Crippen MR) is 83.5 cm³/mol. The maximum absolute atomic E-state index is 11.2. The molecule has 106 valence electrons. The van der Waals surface area contributed by atoms with Gasteiger partial charge in [0.2, 0.25) is 0 Å². The quantitative estimate of drug-likeness (QED) is 0.828. The second kappa shape index (κ2) is 5.96. The Bertz CT molecular complexity index is 594. The van der Waals surface area contributed by atoms with Crippen LogP contribution in [-0.4, -0.2) is 17.1 Å². The fourth-order valence-corrected chi connectivity index (χ4v) is 2.81. The molecule has 0 unspecified atom stereocenters. The number of benzene rings is 1. The van der Waals surface area contributed by atoms with E-state index in [2.05, 4.69) is 24.8 Å². The average molecular weight is 290 g/mol. The Labute approximate surface area is 122 Å². The van der Waals surface area contributed by atoms with Crippen LogP contribution in [-0.2, 0) is 6.54 Å². The van der Waals surface area contributed by atoms with Gasteiger partial charge in [-0.3, -0.25) is 0 Å². The Morgan fingerprint density at radius 3 is 2.65 bits per heavy atom. The van der Waals surface area contributed by atoms with Crippen molar-refractivity contribution in [3.8, 4) is 0 Å². The molecular weight excluding hydrogens is 272 g/mol. The summed E-state index contributed by atoms with van der Waals surface area (Å²) in [5, 5.41) is 11.2. The van der Waals surface area contributed by atoms with Crippen LogP contribution in [0.25, 0.3) is 0 Å². The maximum Gasteiger partial charge on any atom is 0.337 e. The van der Waals surface area contributed by atoms with E-state index >= 15 is 0 Å². The Hall–Kier alpha value is -2.01. The molecule has 0 aliphatic carbocycles. The van der Waals surface area contributed by atoms with Crippen LogP contribution < -0.4 is 10.6 Å². The van der Waals surface area contributed by atoms with E-state index in [-0.39, 0.29) is 11.6 Å². The molecule has 1 heterocycles. The number of anilines is 2. The number of nitrogens with two attached hydrogens (primary N) is 1. The largest absolute Gasteiger partial charge is 0.478 e. The monoisotopic (exact) mass is 290 g/mol. The molecule has 4 nitrogen and oxygen atoms in total. The van der Waals surface area contributed by atoms with E-state index in [1.807, 2.05) is 17.5 Å². The molecule has 20 heavy (non-hydrogen) atoms. The zero-order valence-electron chi connectivity index (χ0n) is 11.5. The number of nitrogen functional groups attached to an aromatic ring is 1. The van der Waals surface area contributed by atoms with Gasteiger partial charge in [-0.25, -0.2) is 4.79 Å². The van der Waals surface area contributed by atoms with Gasteiger partial charge in [0, 0.05) is 10.9 Å². The molecule has 0 spiro atoms. The van der Waals surface area contributed by atoms with E-state index in [1.54, 1.807) is 17.4 Å². The van der Waals surface area contributed by atoms with Gasteiger partial charge in [0.05, 0.1) is 23.5 Å². The van der Waals surface area contributed by atoms with E-state index in [0.29, 0.717) is 5.69 Å². The second-order valence-corrected chi connectivity index (χ2v) is 5.88. The number of carboxylic acids is 1. The fraction of sp³-hybridized carbons (Fsp3) is 0.267. The van der Waals surface area contributed by atoms with Crippen LogP contribution in [0.2, 0.25) is 0 Å². The number of para-hydroxylation sites is 1. The summed E-state index contributed by atoms with van der Waals surface area (Å²) in [4.78, 5) is 14.5. The van der Waals surface area contributed by atoms with E-state index < -0.39 is 5.97 Å². The van der Waals surface area contributed by atoms with Crippen LogP contribution >= 0.6 is 11.3 Å². The van der Waals surface area contributed by atoms with Crippen molar-refractivity contribution in [2.75, 3.05) is 10.6 Å². The molecule has 0 bridgehead atoms. The zero-order chi connectivity index (χ0) is 14.7. The first kappa shape index (κ1) is 14.4. The summed E-state index contributed by atoms with van der Waals surface area (Å²) in [5.41, 5.74) is 7.28. The Balaban J connectivity index is 2.39. The van der Waals surface area contributed by atoms with Crippen LogP contribution in [0.4, 0.5) is 11.4 Å². The topological polar surface area (TPSA) is 66.6 Å². The second-order valence-electron chi connectivity index (χ2n) is 4.84. The number of rotatable bonds is 5. The highest BCUT2D eigenvalue weighted by atomic mass is 32.1. The fourth-order valence-electron chi connectivity index (χ4n) is 2.11. The van der Waals surface area contributed by atoms with Crippen LogP contribution in [0.3, 0.4) is 0 Å². The van der Waals surface area contributed by atoms with Crippen molar-refractivity contribution in [2.24, 2.45) is 0 Å². The van der Waals surface area contributed by atoms with Gasteiger partial charge in [-0.2, -0.15) is 0 Å². The summed E-state index contributed by atoms with van der Waals surface area (Å²) in [7, 11) is 0. The molecule has 0 atom stereocenters. The van der Waals surface area contributed by atoms with Crippen molar-refractivity contribution in [1.29, 1.82) is 0 Å². The van der Waals surface area contributed by atoms with Gasteiger partial charge in [-0.15, -0.1) is 11.3 Å². The summed E-state index contributed by atoms with van der Waals surface area (Å²) < 4.78 is 0. The number of hydrogen-bond acceptors (Lipinski definition) is 4. The average Bonchev–Trinajstić information content (AvgIpc) is 2.89. The maximum atomic E-state index is 11.2. The molecule has 0 amide bonds. The third-order valence-electron chi connectivity index (χ3n) is 3.15. The number of thiophene rings is 1. The van der Waals surface area contributed by atoms with E-state index in [1.165, 1.54) is 10.9 Å². The summed E-state index contributed by atoms with van der Waals surface area (Å²) in [5.74, 6) is -0.996. The number of carbonyl (C=O) groups is 1. The summed E-state index contributed by atoms with van der Waals surface area (Å²) in [6.07, 6.45) is 0. The molecule has 0 aliphatic heterocycles. The molecular formula is C15H18N2O2S. The van der Waals surface area contributed by atoms with Crippen molar-refractivity contribution in [2.45, 2.75) is 26.4 Å². The molecule has 2 aromatic rings. The highest BCUT2D eigenvalue weighted by Gasteiger charge is 2.18. The van der Waals surface area contributed by atoms with Gasteiger partial charge in [0.1, 0.15) is 0 Å². The van der Waals surface area contributed by atoms with Crippen LogP contribution in [0.15, 0.2) is 35.7 Å². The van der Waals surface area contributed by atoms with Gasteiger partial charge >= 0.3 is 5.97 Å². The van der Waals surface area contributed by atoms with Crippen LogP contribution in [0.5, 0.6) is 0 Å². The molecule has 0 saturated carbocycles. The molecule has 5 heteroatoms. The van der Waals surface area contributed by atoms with Crippen molar-refractivity contribution in [3.05, 3.63) is 46.2 Å². The smallest absolute Gasteiger partial charge is 0.337 e. The summed E-state index contributed by atoms with van der Waals surface area (Å²) in [6, 6.07) is 9.44. The molecule has 1 aromatic heterocycles. The standard InChI is InChI=1S/C15H18N2O2S/c1-10(2)17(9-11-5-4-8-20-11)13-7-3-6-12(14(13)16)15(18)19/h3-8,10H,9,16H2,1-2H3,(H,18,19). The third-order valence-corrected chi connectivity index (χ3v) is 4.01. The highest BCUT2D eigenvalue weighted by molar-refractivity contribution is 7.09. The van der Waals surface area contributed by atoms with Crippen molar-refractivity contribution in [1.82, 2.24) is 0 Å². The predicted octanol–water partition coefficient (Wildman–Crippen LogP) is 3.44. The molecule has 0 fully saturated rings. The first-order valence-electron chi connectivity index (χ1n) is 6.41. The van der Waals surface area contributed by atoms with Crippen LogP contribution in [0, 0.1) is 0 Å². The number of aromatic carboxylic acids is 1. The number of carboxylic acid groups (broad SMARTS) is 1. The third kappa shape index (κ3) is 2.93. The van der Waals surface area contributed by atoms with Crippen molar-refractivity contribution < 1.29 is 9.90 Å². The Morgan fingerprint density at radius 2 is 2.10 bits per heavy atom. The summed E-state index contributed by atoms with van der Waals surface area (Å²) >= 11 is 1.68. The van der Waals surface area contributed by atoms with E-state index in [9.17, 15) is 9.90 Å². The highest BCUT2D eigenvalue weighted by Crippen LogP contribution is 2.30. The lowest BCUT2D eigenvalue weighted by Gasteiger charge is -2.30. The number of hydrogen-bond donors (Lipinski definition) is 2. The molecule has 2 rings (SSSR count). The lowest BCUT2D eigenvalue weighted by Crippen LogP contribution is -2.30. The van der Waals surface area contributed by atoms with Gasteiger partial charge in [-0.1, -0.05) is 12.1 Å². The lowest BCUT2D eigenvalue weighted by molar-refractivity contribution is 0.0698. The first-order chi connectivity index (χ1) is 9.50. The Morgan fingerprint density at radius 1 is 1.35 bits per heavy atom. The van der Waals surface area contributed by atoms with Gasteiger partial charge < -0.3 is 15.7 Å². The molecule has 0 radical (unpaired) electrons.